The Morgan fingerprint density at radius 1 is 1.07 bits per heavy atom. The number of hydrogen-bond donors (Lipinski definition) is 1. The smallest absolute Gasteiger partial charge is 0.271 e. The number of amides is 1. The summed E-state index contributed by atoms with van der Waals surface area (Å²) in [7, 11) is 0. The summed E-state index contributed by atoms with van der Waals surface area (Å²) in [6.45, 7) is 2.80. The lowest BCUT2D eigenvalue weighted by molar-refractivity contribution is 0.0940. The summed E-state index contributed by atoms with van der Waals surface area (Å²) in [5.74, 6) is -0.263. The maximum absolute atomic E-state index is 12.7. The molecule has 1 amide bonds. The Balaban J connectivity index is 1.65. The van der Waals surface area contributed by atoms with Gasteiger partial charge in [0.05, 0.1) is 22.6 Å². The number of aryl methyl sites for hydroxylation is 1. The maximum Gasteiger partial charge on any atom is 0.271 e. The molecule has 0 unspecified atom stereocenters. The van der Waals surface area contributed by atoms with Gasteiger partial charge in [0.15, 0.2) is 0 Å². The first-order chi connectivity index (χ1) is 14.2. The lowest BCUT2D eigenvalue weighted by Crippen LogP contribution is -2.26. The number of nitrogens with zero attached hydrogens (tertiary/aromatic N) is 4. The normalized spacial score (nSPS) is 10.8. The van der Waals surface area contributed by atoms with Gasteiger partial charge >= 0.3 is 0 Å². The Labute approximate surface area is 173 Å². The van der Waals surface area contributed by atoms with E-state index in [4.69, 9.17) is 16.7 Å². The molecule has 2 aromatic heterocycles. The van der Waals surface area contributed by atoms with E-state index in [1.165, 1.54) is 6.20 Å². The fourth-order valence-corrected chi connectivity index (χ4v) is 3.41. The molecule has 29 heavy (non-hydrogen) atoms. The number of rotatable bonds is 6. The number of nitrogens with one attached hydrogen (secondary N) is 1. The summed E-state index contributed by atoms with van der Waals surface area (Å²) in [5.41, 5.74) is 4.04. The maximum atomic E-state index is 12.7. The topological polar surface area (TPSA) is 64.7 Å². The lowest BCUT2D eigenvalue weighted by atomic mass is 10.1. The molecular weight excluding hydrogens is 386 g/mol. The van der Waals surface area contributed by atoms with Crippen molar-refractivity contribution in [2.45, 2.75) is 20.0 Å². The van der Waals surface area contributed by atoms with E-state index in [0.717, 1.165) is 22.5 Å². The fourth-order valence-electron chi connectivity index (χ4n) is 3.18. The highest BCUT2D eigenvalue weighted by Gasteiger charge is 2.18. The molecule has 146 valence electrons. The van der Waals surface area contributed by atoms with Crippen molar-refractivity contribution in [3.05, 3.63) is 89.3 Å². The van der Waals surface area contributed by atoms with Crippen molar-refractivity contribution in [2.24, 2.45) is 0 Å². The minimum Gasteiger partial charge on any atom is -0.346 e. The SMILES string of the molecule is CCn1ncc(Cl)c1C(=O)NCc1cn(-c2ccccc2)nc1-c1ccccc1. The van der Waals surface area contributed by atoms with Crippen molar-refractivity contribution >= 4 is 17.5 Å². The van der Waals surface area contributed by atoms with Gasteiger partial charge in [-0.2, -0.15) is 10.2 Å². The van der Waals surface area contributed by atoms with Gasteiger partial charge in [0, 0.05) is 30.4 Å². The van der Waals surface area contributed by atoms with Crippen LogP contribution in [0.1, 0.15) is 23.0 Å². The molecule has 0 atom stereocenters. The molecule has 7 heteroatoms. The second-order valence-electron chi connectivity index (χ2n) is 6.49. The summed E-state index contributed by atoms with van der Waals surface area (Å²) in [6, 6.07) is 19.8. The van der Waals surface area contributed by atoms with E-state index < -0.39 is 0 Å². The van der Waals surface area contributed by atoms with Crippen LogP contribution < -0.4 is 5.32 Å². The fraction of sp³-hybridized carbons (Fsp3) is 0.136. The van der Waals surface area contributed by atoms with Crippen LogP contribution in [0.2, 0.25) is 5.02 Å². The summed E-state index contributed by atoms with van der Waals surface area (Å²) in [4.78, 5) is 12.7. The number of para-hydroxylation sites is 1. The van der Waals surface area contributed by atoms with Gasteiger partial charge in [-0.15, -0.1) is 0 Å². The van der Waals surface area contributed by atoms with E-state index in [0.29, 0.717) is 23.8 Å². The third-order valence-corrected chi connectivity index (χ3v) is 4.88. The Hall–Kier alpha value is -3.38. The molecule has 0 saturated carbocycles. The van der Waals surface area contributed by atoms with E-state index in [1.807, 2.05) is 78.5 Å². The predicted molar refractivity (Wildman–Crippen MR) is 113 cm³/mol. The molecule has 0 fully saturated rings. The van der Waals surface area contributed by atoms with Crippen LogP contribution in [0.25, 0.3) is 16.9 Å². The molecule has 0 aliphatic heterocycles. The first-order valence-electron chi connectivity index (χ1n) is 9.36. The van der Waals surface area contributed by atoms with Crippen molar-refractivity contribution in [1.29, 1.82) is 0 Å². The van der Waals surface area contributed by atoms with E-state index in [2.05, 4.69) is 10.4 Å². The number of hydrogen-bond acceptors (Lipinski definition) is 3. The molecule has 2 heterocycles. The van der Waals surface area contributed by atoms with Crippen LogP contribution in [-0.2, 0) is 13.1 Å². The average molecular weight is 406 g/mol. The molecule has 0 aliphatic rings. The largest absolute Gasteiger partial charge is 0.346 e. The third-order valence-electron chi connectivity index (χ3n) is 4.61. The molecule has 4 aromatic rings. The van der Waals surface area contributed by atoms with Crippen molar-refractivity contribution in [3.8, 4) is 16.9 Å². The van der Waals surface area contributed by atoms with E-state index in [9.17, 15) is 4.79 Å². The Kier molecular flexibility index (Phi) is 5.44. The zero-order chi connectivity index (χ0) is 20.2. The van der Waals surface area contributed by atoms with Gasteiger partial charge in [-0.1, -0.05) is 60.1 Å². The first-order valence-corrected chi connectivity index (χ1v) is 9.74. The summed E-state index contributed by atoms with van der Waals surface area (Å²) in [5, 5.41) is 12.2. The number of carbonyl (C=O) groups excluding carboxylic acids is 1. The molecule has 6 nitrogen and oxygen atoms in total. The van der Waals surface area contributed by atoms with Gasteiger partial charge in [-0.25, -0.2) is 4.68 Å². The predicted octanol–water partition coefficient (Wildman–Crippen LogP) is 4.34. The van der Waals surface area contributed by atoms with Crippen LogP contribution in [-0.4, -0.2) is 25.5 Å². The number of aromatic nitrogens is 4. The second kappa shape index (κ2) is 8.32. The summed E-state index contributed by atoms with van der Waals surface area (Å²) >= 11 is 6.15. The van der Waals surface area contributed by atoms with E-state index in [-0.39, 0.29) is 5.91 Å². The zero-order valence-corrected chi connectivity index (χ0v) is 16.7. The molecule has 0 saturated heterocycles. The van der Waals surface area contributed by atoms with E-state index >= 15 is 0 Å². The highest BCUT2D eigenvalue weighted by molar-refractivity contribution is 6.33. The van der Waals surface area contributed by atoms with Gasteiger partial charge in [-0.05, 0) is 19.1 Å². The monoisotopic (exact) mass is 405 g/mol. The summed E-state index contributed by atoms with van der Waals surface area (Å²) < 4.78 is 3.41. The second-order valence-corrected chi connectivity index (χ2v) is 6.90. The van der Waals surface area contributed by atoms with Crippen molar-refractivity contribution in [2.75, 3.05) is 0 Å². The Bertz CT molecular complexity index is 1120. The van der Waals surface area contributed by atoms with Gasteiger partial charge in [0.1, 0.15) is 5.69 Å². The zero-order valence-electron chi connectivity index (χ0n) is 15.9. The minimum atomic E-state index is -0.263. The Morgan fingerprint density at radius 2 is 1.76 bits per heavy atom. The lowest BCUT2D eigenvalue weighted by Gasteiger charge is -2.07. The molecule has 0 aliphatic carbocycles. The number of benzene rings is 2. The molecule has 0 bridgehead atoms. The van der Waals surface area contributed by atoms with Crippen molar-refractivity contribution in [1.82, 2.24) is 24.9 Å². The van der Waals surface area contributed by atoms with Gasteiger partial charge < -0.3 is 5.32 Å². The van der Waals surface area contributed by atoms with Crippen molar-refractivity contribution < 1.29 is 4.79 Å². The third kappa shape index (κ3) is 3.93. The average Bonchev–Trinajstić information content (AvgIpc) is 3.37. The van der Waals surface area contributed by atoms with Gasteiger partial charge in [-0.3, -0.25) is 9.48 Å². The van der Waals surface area contributed by atoms with Crippen LogP contribution >= 0.6 is 11.6 Å². The van der Waals surface area contributed by atoms with Crippen LogP contribution in [0.3, 0.4) is 0 Å². The minimum absolute atomic E-state index is 0.263. The molecule has 2 aromatic carbocycles. The quantitative estimate of drug-likeness (QED) is 0.519. The van der Waals surface area contributed by atoms with Crippen molar-refractivity contribution in [3.63, 3.8) is 0 Å². The Morgan fingerprint density at radius 3 is 2.45 bits per heavy atom. The standard InChI is InChI=1S/C22H20ClN5O/c1-2-27-21(19(23)14-25-27)22(29)24-13-17-15-28(18-11-7-4-8-12-18)26-20(17)16-9-5-3-6-10-16/h3-12,14-15H,2,13H2,1H3,(H,24,29). The number of halogens is 1. The molecule has 1 N–H and O–H groups in total. The van der Waals surface area contributed by atoms with Crippen LogP contribution in [0.5, 0.6) is 0 Å². The molecule has 4 rings (SSSR count). The highest BCUT2D eigenvalue weighted by atomic mass is 35.5. The highest BCUT2D eigenvalue weighted by Crippen LogP contribution is 2.24. The van der Waals surface area contributed by atoms with Gasteiger partial charge in [0.25, 0.3) is 5.91 Å². The van der Waals surface area contributed by atoms with E-state index in [1.54, 1.807) is 4.68 Å². The summed E-state index contributed by atoms with van der Waals surface area (Å²) in [6.07, 6.45) is 3.43. The molecule has 0 spiro atoms. The molecular formula is C22H20ClN5O. The van der Waals surface area contributed by atoms with Gasteiger partial charge in [0.2, 0.25) is 0 Å². The van der Waals surface area contributed by atoms with Crippen LogP contribution in [0.4, 0.5) is 0 Å². The number of carbonyl (C=O) groups is 1. The molecule has 0 radical (unpaired) electrons. The van der Waals surface area contributed by atoms with Crippen LogP contribution in [0.15, 0.2) is 73.1 Å². The first kappa shape index (κ1) is 19.0. The van der Waals surface area contributed by atoms with Crippen LogP contribution in [0, 0.1) is 0 Å².